The third-order valence-corrected chi connectivity index (χ3v) is 2.52. The second-order valence-corrected chi connectivity index (χ2v) is 3.71. The second kappa shape index (κ2) is 3.52. The third-order valence-electron chi connectivity index (χ3n) is 2.52. The molecule has 0 fully saturated rings. The van der Waals surface area contributed by atoms with Crippen LogP contribution in [0.3, 0.4) is 0 Å². The van der Waals surface area contributed by atoms with E-state index in [1.54, 1.807) is 30.3 Å². The molecule has 2 heterocycles. The molecule has 3 aromatic rings. The lowest BCUT2D eigenvalue weighted by atomic mass is 10.2. The van der Waals surface area contributed by atoms with Gasteiger partial charge in [0.1, 0.15) is 5.58 Å². The van der Waals surface area contributed by atoms with Crippen LogP contribution in [0.2, 0.25) is 0 Å². The number of furan rings is 1. The van der Waals surface area contributed by atoms with Gasteiger partial charge in [-0.1, -0.05) is 0 Å². The molecule has 0 aliphatic heterocycles. The smallest absolute Gasteiger partial charge is 0.193 e. The maximum absolute atomic E-state index is 11.9. The predicted molar refractivity (Wildman–Crippen MR) is 64.6 cm³/mol. The minimum atomic E-state index is -0.134. The van der Waals surface area contributed by atoms with Crippen molar-refractivity contribution < 1.29 is 8.83 Å². The zero-order valence-electron chi connectivity index (χ0n) is 8.84. The number of nitrogens with two attached hydrogens (primary N) is 1. The fourth-order valence-corrected chi connectivity index (χ4v) is 1.71. The van der Waals surface area contributed by atoms with Gasteiger partial charge in [0, 0.05) is 11.8 Å². The summed E-state index contributed by atoms with van der Waals surface area (Å²) in [5.41, 5.74) is 6.53. The molecule has 4 nitrogen and oxygen atoms in total. The Hall–Kier alpha value is -2.49. The van der Waals surface area contributed by atoms with E-state index in [4.69, 9.17) is 14.6 Å². The van der Waals surface area contributed by atoms with Crippen LogP contribution in [0.4, 0.5) is 5.69 Å². The third kappa shape index (κ3) is 1.59. The molecule has 3 rings (SSSR count). The van der Waals surface area contributed by atoms with Crippen molar-refractivity contribution in [3.05, 3.63) is 52.9 Å². The van der Waals surface area contributed by atoms with Crippen LogP contribution >= 0.6 is 0 Å². The number of anilines is 1. The van der Waals surface area contributed by atoms with E-state index < -0.39 is 0 Å². The summed E-state index contributed by atoms with van der Waals surface area (Å²) in [5, 5.41) is 0.473. The molecule has 0 spiro atoms. The highest BCUT2D eigenvalue weighted by Gasteiger charge is 2.08. The van der Waals surface area contributed by atoms with Crippen molar-refractivity contribution in [2.75, 3.05) is 5.73 Å². The van der Waals surface area contributed by atoms with Crippen molar-refractivity contribution in [1.82, 2.24) is 0 Å². The number of fused-ring (bicyclic) bond motifs is 1. The van der Waals surface area contributed by atoms with Crippen molar-refractivity contribution >= 4 is 16.7 Å². The predicted octanol–water partition coefficient (Wildman–Crippen LogP) is 2.64. The maximum Gasteiger partial charge on any atom is 0.193 e. The molecule has 0 bridgehead atoms. The van der Waals surface area contributed by atoms with Gasteiger partial charge in [-0.15, -0.1) is 0 Å². The van der Waals surface area contributed by atoms with Crippen molar-refractivity contribution in [3.63, 3.8) is 0 Å². The summed E-state index contributed by atoms with van der Waals surface area (Å²) in [5.74, 6) is 0.943. The molecule has 4 heteroatoms. The second-order valence-electron chi connectivity index (χ2n) is 3.71. The average Bonchev–Trinajstić information content (AvgIpc) is 2.83. The van der Waals surface area contributed by atoms with Gasteiger partial charge < -0.3 is 14.6 Å². The summed E-state index contributed by atoms with van der Waals surface area (Å²) in [6.07, 6.45) is 1.53. The summed E-state index contributed by atoms with van der Waals surface area (Å²) in [6.45, 7) is 0. The highest BCUT2D eigenvalue weighted by Crippen LogP contribution is 2.23. The van der Waals surface area contributed by atoms with E-state index in [-0.39, 0.29) is 5.43 Å². The molecule has 17 heavy (non-hydrogen) atoms. The quantitative estimate of drug-likeness (QED) is 0.649. The van der Waals surface area contributed by atoms with Crippen LogP contribution in [-0.2, 0) is 0 Å². The molecule has 0 saturated heterocycles. The Kier molecular flexibility index (Phi) is 2.01. The minimum Gasteiger partial charge on any atom is -0.461 e. The molecular weight excluding hydrogens is 218 g/mol. The zero-order chi connectivity index (χ0) is 11.8. The van der Waals surface area contributed by atoms with Gasteiger partial charge in [-0.05, 0) is 30.3 Å². The SMILES string of the molecule is Nc1ccc2oc(-c3ccco3)cc(=O)c2c1. The molecule has 0 aliphatic rings. The first-order valence-corrected chi connectivity index (χ1v) is 5.11. The molecule has 0 saturated carbocycles. The number of hydrogen-bond donors (Lipinski definition) is 1. The van der Waals surface area contributed by atoms with Crippen LogP contribution in [-0.4, -0.2) is 0 Å². The number of nitrogen functional groups attached to an aromatic ring is 1. The lowest BCUT2D eigenvalue weighted by molar-refractivity contribution is 0.537. The van der Waals surface area contributed by atoms with E-state index in [1.807, 2.05) is 0 Å². The molecule has 0 unspecified atom stereocenters. The van der Waals surface area contributed by atoms with Gasteiger partial charge in [0.05, 0.1) is 11.6 Å². The molecule has 2 N–H and O–H groups in total. The van der Waals surface area contributed by atoms with Crippen LogP contribution in [0, 0.1) is 0 Å². The number of benzene rings is 1. The normalized spacial score (nSPS) is 10.8. The Morgan fingerprint density at radius 2 is 1.94 bits per heavy atom. The first kappa shape index (κ1) is 9.72. The Morgan fingerprint density at radius 3 is 2.71 bits per heavy atom. The first-order chi connectivity index (χ1) is 8.24. The topological polar surface area (TPSA) is 69.4 Å². The van der Waals surface area contributed by atoms with Gasteiger partial charge in [0.2, 0.25) is 0 Å². The monoisotopic (exact) mass is 227 g/mol. The fraction of sp³-hybridized carbons (Fsp3) is 0. The van der Waals surface area contributed by atoms with Crippen LogP contribution in [0.1, 0.15) is 0 Å². The highest BCUT2D eigenvalue weighted by atomic mass is 16.4. The lowest BCUT2D eigenvalue weighted by Crippen LogP contribution is -2.00. The summed E-state index contributed by atoms with van der Waals surface area (Å²) in [6, 6.07) is 9.85. The fourth-order valence-electron chi connectivity index (χ4n) is 1.71. The van der Waals surface area contributed by atoms with Crippen molar-refractivity contribution in [3.8, 4) is 11.5 Å². The van der Waals surface area contributed by atoms with Gasteiger partial charge in [0.25, 0.3) is 0 Å². The molecule has 0 amide bonds. The Balaban J connectivity index is 2.32. The van der Waals surface area contributed by atoms with Gasteiger partial charge >= 0.3 is 0 Å². The summed E-state index contributed by atoms with van der Waals surface area (Å²) < 4.78 is 10.8. The average molecular weight is 227 g/mol. The van der Waals surface area contributed by atoms with E-state index in [0.29, 0.717) is 28.2 Å². The Bertz CT molecular complexity index is 726. The van der Waals surface area contributed by atoms with E-state index in [1.165, 1.54) is 12.3 Å². The van der Waals surface area contributed by atoms with Crippen LogP contribution < -0.4 is 11.2 Å². The van der Waals surface area contributed by atoms with Crippen LogP contribution in [0.25, 0.3) is 22.5 Å². The van der Waals surface area contributed by atoms with Gasteiger partial charge in [0.15, 0.2) is 16.9 Å². The van der Waals surface area contributed by atoms with Gasteiger partial charge in [-0.25, -0.2) is 0 Å². The standard InChI is InChI=1S/C13H9NO3/c14-8-3-4-11-9(6-8)10(15)7-13(17-11)12-2-1-5-16-12/h1-7H,14H2. The molecule has 84 valence electrons. The van der Waals surface area contributed by atoms with Crippen molar-refractivity contribution in [2.45, 2.75) is 0 Å². The van der Waals surface area contributed by atoms with Crippen molar-refractivity contribution in [1.29, 1.82) is 0 Å². The zero-order valence-corrected chi connectivity index (χ0v) is 8.84. The molecule has 0 aliphatic carbocycles. The van der Waals surface area contributed by atoms with Crippen molar-refractivity contribution in [2.24, 2.45) is 0 Å². The number of rotatable bonds is 1. The summed E-state index contributed by atoms with van der Waals surface area (Å²) in [4.78, 5) is 11.9. The number of hydrogen-bond acceptors (Lipinski definition) is 4. The van der Waals surface area contributed by atoms with E-state index in [9.17, 15) is 4.79 Å². The molecule has 2 aromatic heterocycles. The van der Waals surface area contributed by atoms with E-state index in [2.05, 4.69) is 0 Å². The Labute approximate surface area is 96.3 Å². The largest absolute Gasteiger partial charge is 0.461 e. The Morgan fingerprint density at radius 1 is 1.06 bits per heavy atom. The maximum atomic E-state index is 11.9. The molecule has 1 aromatic carbocycles. The first-order valence-electron chi connectivity index (χ1n) is 5.11. The van der Waals surface area contributed by atoms with Crippen LogP contribution in [0.5, 0.6) is 0 Å². The van der Waals surface area contributed by atoms with Gasteiger partial charge in [-0.2, -0.15) is 0 Å². The van der Waals surface area contributed by atoms with E-state index >= 15 is 0 Å². The molecule has 0 radical (unpaired) electrons. The molecular formula is C13H9NO3. The van der Waals surface area contributed by atoms with Gasteiger partial charge in [-0.3, -0.25) is 4.79 Å². The minimum absolute atomic E-state index is 0.134. The lowest BCUT2D eigenvalue weighted by Gasteiger charge is -2.01. The summed E-state index contributed by atoms with van der Waals surface area (Å²) >= 11 is 0. The highest BCUT2D eigenvalue weighted by molar-refractivity contribution is 5.81. The van der Waals surface area contributed by atoms with Crippen LogP contribution in [0.15, 0.2) is 56.3 Å². The molecule has 0 atom stereocenters. The summed E-state index contributed by atoms with van der Waals surface area (Å²) in [7, 11) is 0. The van der Waals surface area contributed by atoms with E-state index in [0.717, 1.165) is 0 Å².